The van der Waals surface area contributed by atoms with Crippen molar-refractivity contribution >= 4 is 0 Å². The van der Waals surface area contributed by atoms with Crippen LogP contribution in [0.3, 0.4) is 0 Å². The molecule has 16 heavy (non-hydrogen) atoms. The van der Waals surface area contributed by atoms with Crippen molar-refractivity contribution in [1.82, 2.24) is 9.80 Å². The SMILES string of the molecule is CC(C)[C@@H](C)N1CCN([C@H](C)C(C)C)CC1. The molecule has 2 nitrogen and oxygen atoms in total. The summed E-state index contributed by atoms with van der Waals surface area (Å²) in [5.41, 5.74) is 0. The van der Waals surface area contributed by atoms with E-state index in [0.717, 1.165) is 23.9 Å². The maximum absolute atomic E-state index is 2.65. The summed E-state index contributed by atoms with van der Waals surface area (Å²) >= 11 is 0. The van der Waals surface area contributed by atoms with Crippen LogP contribution in [-0.2, 0) is 0 Å². The Morgan fingerprint density at radius 2 is 0.812 bits per heavy atom. The minimum absolute atomic E-state index is 0.733. The Morgan fingerprint density at radius 1 is 0.562 bits per heavy atom. The quantitative estimate of drug-likeness (QED) is 0.727. The lowest BCUT2D eigenvalue weighted by Gasteiger charge is -2.42. The van der Waals surface area contributed by atoms with Crippen molar-refractivity contribution < 1.29 is 0 Å². The van der Waals surface area contributed by atoms with Crippen LogP contribution in [0.1, 0.15) is 41.5 Å². The summed E-state index contributed by atoms with van der Waals surface area (Å²) in [5, 5.41) is 0. The lowest BCUT2D eigenvalue weighted by Crippen LogP contribution is -2.53. The zero-order chi connectivity index (χ0) is 12.3. The fourth-order valence-corrected chi connectivity index (χ4v) is 2.40. The van der Waals surface area contributed by atoms with E-state index in [0.29, 0.717) is 0 Å². The molecule has 2 atom stereocenters. The third kappa shape index (κ3) is 3.46. The molecule has 96 valence electrons. The Kier molecular flexibility index (Phi) is 5.26. The van der Waals surface area contributed by atoms with Gasteiger partial charge in [0.25, 0.3) is 0 Å². The molecule has 0 saturated carbocycles. The van der Waals surface area contributed by atoms with Gasteiger partial charge in [0.2, 0.25) is 0 Å². The summed E-state index contributed by atoms with van der Waals surface area (Å²) in [7, 11) is 0. The Morgan fingerprint density at radius 3 is 1.00 bits per heavy atom. The monoisotopic (exact) mass is 226 g/mol. The molecule has 1 rings (SSSR count). The molecule has 1 heterocycles. The molecule has 0 unspecified atom stereocenters. The van der Waals surface area contributed by atoms with Crippen molar-refractivity contribution in [3.05, 3.63) is 0 Å². The maximum Gasteiger partial charge on any atom is 0.0113 e. The molecule has 1 aliphatic heterocycles. The summed E-state index contributed by atoms with van der Waals surface area (Å²) < 4.78 is 0. The number of hydrogen-bond donors (Lipinski definition) is 0. The largest absolute Gasteiger partial charge is 0.298 e. The van der Waals surface area contributed by atoms with Crippen molar-refractivity contribution in [3.63, 3.8) is 0 Å². The first-order chi connectivity index (χ1) is 7.43. The Hall–Kier alpha value is -0.0800. The van der Waals surface area contributed by atoms with Crippen LogP contribution >= 0.6 is 0 Å². The van der Waals surface area contributed by atoms with E-state index in [2.05, 4.69) is 51.3 Å². The Labute approximate surface area is 102 Å². The molecule has 1 fully saturated rings. The predicted molar refractivity (Wildman–Crippen MR) is 71.7 cm³/mol. The average Bonchev–Trinajstić information content (AvgIpc) is 2.27. The van der Waals surface area contributed by atoms with Gasteiger partial charge >= 0.3 is 0 Å². The molecule has 0 aromatic carbocycles. The highest BCUT2D eigenvalue weighted by molar-refractivity contribution is 4.81. The van der Waals surface area contributed by atoms with E-state index >= 15 is 0 Å². The van der Waals surface area contributed by atoms with Gasteiger partial charge in [-0.25, -0.2) is 0 Å². The molecule has 0 N–H and O–H groups in total. The van der Waals surface area contributed by atoms with Gasteiger partial charge in [0, 0.05) is 38.3 Å². The summed E-state index contributed by atoms with van der Waals surface area (Å²) in [6, 6.07) is 1.47. The van der Waals surface area contributed by atoms with E-state index in [1.54, 1.807) is 0 Å². The van der Waals surface area contributed by atoms with Crippen LogP contribution < -0.4 is 0 Å². The van der Waals surface area contributed by atoms with E-state index in [1.165, 1.54) is 26.2 Å². The molecule has 0 bridgehead atoms. The minimum atomic E-state index is 0.733. The minimum Gasteiger partial charge on any atom is -0.298 e. The number of nitrogens with zero attached hydrogens (tertiary/aromatic N) is 2. The van der Waals surface area contributed by atoms with Gasteiger partial charge < -0.3 is 0 Å². The smallest absolute Gasteiger partial charge is 0.0113 e. The summed E-state index contributed by atoms with van der Waals surface area (Å²) in [6.45, 7) is 19.0. The van der Waals surface area contributed by atoms with Crippen molar-refractivity contribution in [2.24, 2.45) is 11.8 Å². The van der Waals surface area contributed by atoms with Crippen LogP contribution in [0.4, 0.5) is 0 Å². The fraction of sp³-hybridized carbons (Fsp3) is 1.00. The maximum atomic E-state index is 2.65. The van der Waals surface area contributed by atoms with Gasteiger partial charge in [-0.1, -0.05) is 27.7 Å². The molecule has 0 radical (unpaired) electrons. The van der Waals surface area contributed by atoms with Crippen LogP contribution in [0.5, 0.6) is 0 Å². The van der Waals surface area contributed by atoms with Crippen molar-refractivity contribution in [2.45, 2.75) is 53.6 Å². The Bertz CT molecular complexity index is 171. The molecule has 1 aliphatic rings. The molecular formula is C14H30N2. The van der Waals surface area contributed by atoms with Crippen LogP contribution in [0.2, 0.25) is 0 Å². The van der Waals surface area contributed by atoms with E-state index in [4.69, 9.17) is 0 Å². The molecule has 0 aromatic rings. The standard InChI is InChI=1S/C14H30N2/c1-11(2)13(5)15-7-9-16(10-8-15)14(6)12(3)4/h11-14H,7-10H2,1-6H3/t13-,14-/m1/s1. The summed E-state index contributed by atoms with van der Waals surface area (Å²) in [5.74, 6) is 1.54. The third-order valence-electron chi connectivity index (χ3n) is 4.43. The summed E-state index contributed by atoms with van der Waals surface area (Å²) in [6.07, 6.45) is 0. The van der Waals surface area contributed by atoms with Gasteiger partial charge in [0.1, 0.15) is 0 Å². The lowest BCUT2D eigenvalue weighted by molar-refractivity contribution is 0.0526. The molecule has 2 heteroatoms. The van der Waals surface area contributed by atoms with Gasteiger partial charge in [0.15, 0.2) is 0 Å². The van der Waals surface area contributed by atoms with Gasteiger partial charge in [-0.15, -0.1) is 0 Å². The molecule has 0 spiro atoms. The second-order valence-corrected chi connectivity index (χ2v) is 6.04. The van der Waals surface area contributed by atoms with E-state index in [9.17, 15) is 0 Å². The van der Waals surface area contributed by atoms with Crippen LogP contribution in [0.15, 0.2) is 0 Å². The summed E-state index contributed by atoms with van der Waals surface area (Å²) in [4.78, 5) is 5.29. The van der Waals surface area contributed by atoms with Gasteiger partial charge in [-0.05, 0) is 25.7 Å². The lowest BCUT2D eigenvalue weighted by atomic mass is 10.0. The van der Waals surface area contributed by atoms with Gasteiger partial charge in [-0.2, -0.15) is 0 Å². The van der Waals surface area contributed by atoms with Crippen molar-refractivity contribution in [2.75, 3.05) is 26.2 Å². The van der Waals surface area contributed by atoms with E-state index < -0.39 is 0 Å². The van der Waals surface area contributed by atoms with Crippen LogP contribution in [-0.4, -0.2) is 48.1 Å². The molecule has 0 amide bonds. The van der Waals surface area contributed by atoms with Gasteiger partial charge in [-0.3, -0.25) is 9.80 Å². The zero-order valence-corrected chi connectivity index (χ0v) is 12.0. The van der Waals surface area contributed by atoms with Gasteiger partial charge in [0.05, 0.1) is 0 Å². The number of piperazine rings is 1. The topological polar surface area (TPSA) is 6.48 Å². The Balaban J connectivity index is 2.39. The molecular weight excluding hydrogens is 196 g/mol. The fourth-order valence-electron chi connectivity index (χ4n) is 2.40. The first-order valence-electron chi connectivity index (χ1n) is 6.91. The second kappa shape index (κ2) is 6.02. The first kappa shape index (κ1) is 14.0. The normalized spacial score (nSPS) is 24.0. The van der Waals surface area contributed by atoms with E-state index in [1.807, 2.05) is 0 Å². The highest BCUT2D eigenvalue weighted by Gasteiger charge is 2.25. The molecule has 0 aliphatic carbocycles. The average molecular weight is 226 g/mol. The van der Waals surface area contributed by atoms with Crippen molar-refractivity contribution in [3.8, 4) is 0 Å². The number of rotatable bonds is 4. The van der Waals surface area contributed by atoms with E-state index in [-0.39, 0.29) is 0 Å². The number of hydrogen-bond acceptors (Lipinski definition) is 2. The predicted octanol–water partition coefficient (Wildman–Crippen LogP) is 2.69. The third-order valence-corrected chi connectivity index (χ3v) is 4.43. The van der Waals surface area contributed by atoms with Crippen molar-refractivity contribution in [1.29, 1.82) is 0 Å². The van der Waals surface area contributed by atoms with Crippen LogP contribution in [0.25, 0.3) is 0 Å². The van der Waals surface area contributed by atoms with Crippen LogP contribution in [0, 0.1) is 11.8 Å². The second-order valence-electron chi connectivity index (χ2n) is 6.04. The molecule has 1 saturated heterocycles. The zero-order valence-electron chi connectivity index (χ0n) is 12.0. The molecule has 0 aromatic heterocycles. The first-order valence-corrected chi connectivity index (χ1v) is 6.91. The highest BCUT2D eigenvalue weighted by Crippen LogP contribution is 2.17. The highest BCUT2D eigenvalue weighted by atomic mass is 15.3.